The summed E-state index contributed by atoms with van der Waals surface area (Å²) in [6.45, 7) is 5.84. The van der Waals surface area contributed by atoms with Crippen LogP contribution in [0.4, 0.5) is 10.8 Å². The van der Waals surface area contributed by atoms with Gasteiger partial charge in [0.1, 0.15) is 0 Å². The monoisotopic (exact) mass is 450 g/mol. The summed E-state index contributed by atoms with van der Waals surface area (Å²) in [5.41, 5.74) is 3.94. The molecule has 0 unspecified atom stereocenters. The molecule has 1 fully saturated rings. The zero-order chi connectivity index (χ0) is 21.4. The number of anilines is 2. The van der Waals surface area contributed by atoms with E-state index in [1.54, 1.807) is 11.3 Å². The summed E-state index contributed by atoms with van der Waals surface area (Å²) in [5.74, 6) is 0.0896. The van der Waals surface area contributed by atoms with Gasteiger partial charge in [0.2, 0.25) is 0 Å². The Morgan fingerprint density at radius 1 is 1.10 bits per heavy atom. The van der Waals surface area contributed by atoms with Crippen LogP contribution in [0.25, 0.3) is 10.2 Å². The molecule has 0 spiro atoms. The van der Waals surface area contributed by atoms with Crippen LogP contribution < -0.4 is 9.80 Å². The molecule has 3 aromatic rings. The predicted octanol–water partition coefficient (Wildman–Crippen LogP) is 5.19. The molecule has 0 aliphatic carbocycles. The molecule has 7 heteroatoms. The Bertz CT molecular complexity index is 1190. The fourth-order valence-corrected chi connectivity index (χ4v) is 5.32. The topological polar surface area (TPSA) is 39.7 Å². The lowest BCUT2D eigenvalue weighted by Crippen LogP contribution is -2.48. The number of amides is 1. The van der Waals surface area contributed by atoms with Crippen LogP contribution in [-0.4, -0.2) is 48.5 Å². The van der Waals surface area contributed by atoms with Gasteiger partial charge in [0.05, 0.1) is 10.2 Å². The van der Waals surface area contributed by atoms with Crippen molar-refractivity contribution in [3.05, 3.63) is 77.0 Å². The van der Waals surface area contributed by atoms with Crippen LogP contribution >= 0.6 is 22.9 Å². The van der Waals surface area contributed by atoms with Crippen LogP contribution in [0.1, 0.15) is 17.3 Å². The molecule has 2 aliphatic rings. The third-order valence-electron chi connectivity index (χ3n) is 5.77. The van der Waals surface area contributed by atoms with Crippen molar-refractivity contribution < 1.29 is 4.79 Å². The number of benzene rings is 2. The standard InChI is InChI=1S/C24H23ClN4OS/c1-17-5-2-3-10-29(17)20-7-4-6-18(15-20)23(30)27-11-13-28(14-12-27)24-26-21-9-8-19(25)16-22(21)31-24/h2-9,15-16H,10-14H2,1H3. The van der Waals surface area contributed by atoms with Gasteiger partial charge in [-0.2, -0.15) is 0 Å². The minimum absolute atomic E-state index is 0.0896. The van der Waals surface area contributed by atoms with Gasteiger partial charge in [-0.3, -0.25) is 4.79 Å². The second-order valence-electron chi connectivity index (χ2n) is 7.78. The molecule has 5 rings (SSSR count). The zero-order valence-electron chi connectivity index (χ0n) is 17.3. The van der Waals surface area contributed by atoms with E-state index in [-0.39, 0.29) is 5.91 Å². The van der Waals surface area contributed by atoms with Crippen molar-refractivity contribution in [2.75, 3.05) is 42.5 Å². The molecule has 0 atom stereocenters. The van der Waals surface area contributed by atoms with Crippen molar-refractivity contribution in [3.8, 4) is 0 Å². The number of carbonyl (C=O) groups is 1. The van der Waals surface area contributed by atoms with E-state index in [0.29, 0.717) is 13.1 Å². The average molecular weight is 451 g/mol. The lowest BCUT2D eigenvalue weighted by atomic mass is 10.1. The SMILES string of the molecule is CC1=CC=CCN1c1cccc(C(=O)N2CCN(c3nc4ccc(Cl)cc4s3)CC2)c1. The van der Waals surface area contributed by atoms with Crippen LogP contribution in [0.3, 0.4) is 0 Å². The van der Waals surface area contributed by atoms with E-state index in [4.69, 9.17) is 16.6 Å². The molecule has 0 saturated carbocycles. The maximum Gasteiger partial charge on any atom is 0.254 e. The Morgan fingerprint density at radius 2 is 1.94 bits per heavy atom. The summed E-state index contributed by atoms with van der Waals surface area (Å²) >= 11 is 7.76. The summed E-state index contributed by atoms with van der Waals surface area (Å²) < 4.78 is 1.09. The molecule has 3 heterocycles. The van der Waals surface area contributed by atoms with Crippen LogP contribution in [0.5, 0.6) is 0 Å². The van der Waals surface area contributed by atoms with Gasteiger partial charge in [0.15, 0.2) is 5.13 Å². The summed E-state index contributed by atoms with van der Waals surface area (Å²) in [6.07, 6.45) is 6.28. The number of thiazole rings is 1. The van der Waals surface area contributed by atoms with Crippen LogP contribution in [0.15, 0.2) is 66.4 Å². The van der Waals surface area contributed by atoms with Crippen molar-refractivity contribution in [3.63, 3.8) is 0 Å². The highest BCUT2D eigenvalue weighted by Gasteiger charge is 2.24. The van der Waals surface area contributed by atoms with E-state index in [0.717, 1.165) is 51.3 Å². The molecular formula is C24H23ClN4OS. The van der Waals surface area contributed by atoms with E-state index >= 15 is 0 Å². The van der Waals surface area contributed by atoms with Gasteiger partial charge < -0.3 is 14.7 Å². The van der Waals surface area contributed by atoms with Crippen LogP contribution in [0, 0.1) is 0 Å². The van der Waals surface area contributed by atoms with Gasteiger partial charge in [0, 0.05) is 54.7 Å². The Balaban J connectivity index is 1.27. The van der Waals surface area contributed by atoms with Crippen molar-refractivity contribution >= 4 is 49.9 Å². The van der Waals surface area contributed by atoms with E-state index in [1.165, 1.54) is 5.70 Å². The summed E-state index contributed by atoms with van der Waals surface area (Å²) in [7, 11) is 0. The summed E-state index contributed by atoms with van der Waals surface area (Å²) in [5, 5.41) is 1.72. The van der Waals surface area contributed by atoms with Crippen molar-refractivity contribution in [2.24, 2.45) is 0 Å². The fraction of sp³-hybridized carbons (Fsp3) is 0.250. The van der Waals surface area contributed by atoms with E-state index in [2.05, 4.69) is 41.0 Å². The quantitative estimate of drug-likeness (QED) is 0.550. The number of allylic oxidation sites excluding steroid dienone is 3. The number of hydrogen-bond acceptors (Lipinski definition) is 5. The lowest BCUT2D eigenvalue weighted by molar-refractivity contribution is 0.0747. The first-order chi connectivity index (χ1) is 15.1. The number of rotatable bonds is 3. The average Bonchev–Trinajstić information content (AvgIpc) is 3.22. The second-order valence-corrected chi connectivity index (χ2v) is 9.23. The van der Waals surface area contributed by atoms with E-state index in [1.807, 2.05) is 41.3 Å². The second kappa shape index (κ2) is 8.36. The van der Waals surface area contributed by atoms with E-state index < -0.39 is 0 Å². The number of hydrogen-bond donors (Lipinski definition) is 0. The number of fused-ring (bicyclic) bond motifs is 1. The number of halogens is 1. The third kappa shape index (κ3) is 4.05. The molecule has 1 aromatic heterocycles. The first kappa shape index (κ1) is 20.1. The fourth-order valence-electron chi connectivity index (χ4n) is 4.03. The number of aromatic nitrogens is 1. The maximum absolute atomic E-state index is 13.2. The van der Waals surface area contributed by atoms with E-state index in [9.17, 15) is 4.79 Å². The Hall–Kier alpha value is -2.83. The number of piperazine rings is 1. The molecule has 1 saturated heterocycles. The molecule has 2 aliphatic heterocycles. The molecule has 0 radical (unpaired) electrons. The zero-order valence-corrected chi connectivity index (χ0v) is 18.9. The Labute approximate surface area is 190 Å². The highest BCUT2D eigenvalue weighted by atomic mass is 35.5. The highest BCUT2D eigenvalue weighted by molar-refractivity contribution is 7.22. The Kier molecular flexibility index (Phi) is 5.42. The first-order valence-corrected chi connectivity index (χ1v) is 11.6. The van der Waals surface area contributed by atoms with Crippen LogP contribution in [-0.2, 0) is 0 Å². The normalized spacial score (nSPS) is 16.7. The molecule has 2 aromatic carbocycles. The van der Waals surface area contributed by atoms with Gasteiger partial charge in [-0.15, -0.1) is 0 Å². The van der Waals surface area contributed by atoms with Crippen LogP contribution in [0.2, 0.25) is 5.02 Å². The minimum Gasteiger partial charge on any atom is -0.345 e. The van der Waals surface area contributed by atoms with Gasteiger partial charge in [-0.25, -0.2) is 4.98 Å². The van der Waals surface area contributed by atoms with Gasteiger partial charge >= 0.3 is 0 Å². The third-order valence-corrected chi connectivity index (χ3v) is 7.08. The number of nitrogens with zero attached hydrogens (tertiary/aromatic N) is 4. The number of carbonyl (C=O) groups excluding carboxylic acids is 1. The Morgan fingerprint density at radius 3 is 2.74 bits per heavy atom. The molecule has 0 bridgehead atoms. The molecule has 5 nitrogen and oxygen atoms in total. The first-order valence-electron chi connectivity index (χ1n) is 10.4. The van der Waals surface area contributed by atoms with Gasteiger partial charge in [-0.1, -0.05) is 41.2 Å². The maximum atomic E-state index is 13.2. The largest absolute Gasteiger partial charge is 0.345 e. The van der Waals surface area contributed by atoms with Gasteiger partial charge in [-0.05, 0) is 49.4 Å². The minimum atomic E-state index is 0.0896. The molecular weight excluding hydrogens is 428 g/mol. The highest BCUT2D eigenvalue weighted by Crippen LogP contribution is 2.31. The smallest absolute Gasteiger partial charge is 0.254 e. The van der Waals surface area contributed by atoms with Crippen molar-refractivity contribution in [2.45, 2.75) is 6.92 Å². The summed E-state index contributed by atoms with van der Waals surface area (Å²) in [4.78, 5) is 24.3. The molecule has 1 amide bonds. The van der Waals surface area contributed by atoms with Gasteiger partial charge in [0.25, 0.3) is 5.91 Å². The molecule has 31 heavy (non-hydrogen) atoms. The summed E-state index contributed by atoms with van der Waals surface area (Å²) in [6, 6.07) is 13.7. The lowest BCUT2D eigenvalue weighted by Gasteiger charge is -2.34. The predicted molar refractivity (Wildman–Crippen MR) is 129 cm³/mol. The molecule has 0 N–H and O–H groups in total. The van der Waals surface area contributed by atoms with Crippen molar-refractivity contribution in [1.29, 1.82) is 0 Å². The van der Waals surface area contributed by atoms with Crippen molar-refractivity contribution in [1.82, 2.24) is 9.88 Å². The molecule has 158 valence electrons.